The first-order valence-electron chi connectivity index (χ1n) is 5.12. The molecule has 2 heterocycles. The van der Waals surface area contributed by atoms with Gasteiger partial charge in [0.05, 0.1) is 6.54 Å². The molecule has 0 aromatic carbocycles. The number of pyridine rings is 1. The molecule has 2 aromatic rings. The van der Waals surface area contributed by atoms with Crippen LogP contribution in [0.15, 0.2) is 29.8 Å². The fraction of sp³-hybridized carbons (Fsp3) is 0.250. The van der Waals surface area contributed by atoms with Gasteiger partial charge >= 0.3 is 0 Å². The van der Waals surface area contributed by atoms with Crippen molar-refractivity contribution in [3.05, 3.63) is 40.2 Å². The largest absolute Gasteiger partial charge is 0.398 e. The highest BCUT2D eigenvalue weighted by molar-refractivity contribution is 7.09. The van der Waals surface area contributed by atoms with Gasteiger partial charge in [0.25, 0.3) is 0 Å². The van der Waals surface area contributed by atoms with Gasteiger partial charge in [-0.2, -0.15) is 0 Å². The maximum Gasteiger partial charge on any atom is 0.130 e. The second kappa shape index (κ2) is 4.53. The Morgan fingerprint density at radius 3 is 2.94 bits per heavy atom. The van der Waals surface area contributed by atoms with E-state index in [1.165, 1.54) is 4.88 Å². The van der Waals surface area contributed by atoms with E-state index < -0.39 is 0 Å². The van der Waals surface area contributed by atoms with Crippen LogP contribution in [-0.4, -0.2) is 12.0 Å². The average Bonchev–Trinajstić information content (AvgIpc) is 2.74. The van der Waals surface area contributed by atoms with E-state index in [1.807, 2.05) is 26.2 Å². The van der Waals surface area contributed by atoms with Gasteiger partial charge < -0.3 is 10.6 Å². The van der Waals surface area contributed by atoms with E-state index in [-0.39, 0.29) is 0 Å². The summed E-state index contributed by atoms with van der Waals surface area (Å²) in [5, 5.41) is 2.08. The van der Waals surface area contributed by atoms with Gasteiger partial charge in [0, 0.05) is 29.9 Å². The summed E-state index contributed by atoms with van der Waals surface area (Å²) in [7, 11) is 2.02. The van der Waals surface area contributed by atoms with Crippen molar-refractivity contribution >= 4 is 22.8 Å². The molecular weight excluding hydrogens is 218 g/mol. The number of anilines is 2. The zero-order chi connectivity index (χ0) is 11.5. The van der Waals surface area contributed by atoms with Gasteiger partial charge in [0.2, 0.25) is 0 Å². The molecular formula is C12H15N3S. The topological polar surface area (TPSA) is 42.2 Å². The van der Waals surface area contributed by atoms with E-state index in [2.05, 4.69) is 27.4 Å². The molecule has 84 valence electrons. The van der Waals surface area contributed by atoms with Crippen molar-refractivity contribution in [3.63, 3.8) is 0 Å². The molecule has 2 N–H and O–H groups in total. The highest BCUT2D eigenvalue weighted by Gasteiger charge is 2.05. The molecule has 4 heteroatoms. The summed E-state index contributed by atoms with van der Waals surface area (Å²) in [6.45, 7) is 2.83. The molecule has 0 atom stereocenters. The molecule has 0 unspecified atom stereocenters. The molecule has 0 aliphatic heterocycles. The summed E-state index contributed by atoms with van der Waals surface area (Å²) in [5.41, 5.74) is 7.68. The van der Waals surface area contributed by atoms with Crippen molar-refractivity contribution < 1.29 is 0 Å². The number of aromatic nitrogens is 1. The van der Waals surface area contributed by atoms with E-state index in [4.69, 9.17) is 5.73 Å². The third kappa shape index (κ3) is 2.33. The van der Waals surface area contributed by atoms with Crippen molar-refractivity contribution in [2.24, 2.45) is 0 Å². The minimum Gasteiger partial charge on any atom is -0.398 e. The van der Waals surface area contributed by atoms with Crippen LogP contribution in [0.5, 0.6) is 0 Å². The second-order valence-electron chi connectivity index (χ2n) is 3.83. The first-order valence-corrected chi connectivity index (χ1v) is 6.00. The SMILES string of the molecule is Cc1cnc(N(C)Cc2cccs2)cc1N. The van der Waals surface area contributed by atoms with Gasteiger partial charge in [0.1, 0.15) is 5.82 Å². The Morgan fingerprint density at radius 1 is 1.50 bits per heavy atom. The van der Waals surface area contributed by atoms with E-state index in [9.17, 15) is 0 Å². The monoisotopic (exact) mass is 233 g/mol. The van der Waals surface area contributed by atoms with Gasteiger partial charge in [-0.15, -0.1) is 11.3 Å². The zero-order valence-electron chi connectivity index (χ0n) is 9.47. The van der Waals surface area contributed by atoms with Crippen LogP contribution in [0.2, 0.25) is 0 Å². The van der Waals surface area contributed by atoms with Crippen LogP contribution in [0.25, 0.3) is 0 Å². The Hall–Kier alpha value is -1.55. The lowest BCUT2D eigenvalue weighted by molar-refractivity contribution is 0.912. The lowest BCUT2D eigenvalue weighted by Crippen LogP contribution is -2.17. The highest BCUT2D eigenvalue weighted by Crippen LogP contribution is 2.19. The summed E-state index contributed by atoms with van der Waals surface area (Å²) in [5.74, 6) is 0.913. The fourth-order valence-electron chi connectivity index (χ4n) is 1.45. The predicted molar refractivity (Wildman–Crippen MR) is 69.8 cm³/mol. The number of nitrogens with two attached hydrogens (primary N) is 1. The van der Waals surface area contributed by atoms with Crippen LogP contribution in [0.1, 0.15) is 10.4 Å². The molecule has 0 amide bonds. The maximum absolute atomic E-state index is 5.87. The zero-order valence-corrected chi connectivity index (χ0v) is 10.3. The van der Waals surface area contributed by atoms with E-state index in [0.717, 1.165) is 23.6 Å². The standard InChI is InChI=1S/C12H15N3S/c1-9-7-14-12(6-11(9)13)15(2)8-10-4-3-5-16-10/h3-7H,8H2,1-2H3,(H2,13,14). The van der Waals surface area contributed by atoms with E-state index in [0.29, 0.717) is 0 Å². The Morgan fingerprint density at radius 2 is 2.31 bits per heavy atom. The van der Waals surface area contributed by atoms with Gasteiger partial charge in [-0.3, -0.25) is 0 Å². The van der Waals surface area contributed by atoms with Crippen molar-refractivity contribution in [2.75, 3.05) is 17.7 Å². The van der Waals surface area contributed by atoms with Gasteiger partial charge in [0.15, 0.2) is 0 Å². The Labute approximate surface area is 99.5 Å². The number of hydrogen-bond donors (Lipinski definition) is 1. The van der Waals surface area contributed by atoms with Crippen LogP contribution in [-0.2, 0) is 6.54 Å². The molecule has 0 fully saturated rings. The lowest BCUT2D eigenvalue weighted by atomic mass is 10.2. The smallest absolute Gasteiger partial charge is 0.130 e. The number of thiophene rings is 1. The second-order valence-corrected chi connectivity index (χ2v) is 4.87. The summed E-state index contributed by atoms with van der Waals surface area (Å²) < 4.78 is 0. The van der Waals surface area contributed by atoms with Gasteiger partial charge in [-0.05, 0) is 23.9 Å². The quantitative estimate of drug-likeness (QED) is 0.886. The van der Waals surface area contributed by atoms with E-state index in [1.54, 1.807) is 11.3 Å². The molecule has 0 spiro atoms. The fourth-order valence-corrected chi connectivity index (χ4v) is 2.21. The third-order valence-corrected chi connectivity index (χ3v) is 3.36. The summed E-state index contributed by atoms with van der Waals surface area (Å²) in [6.07, 6.45) is 1.82. The highest BCUT2D eigenvalue weighted by atomic mass is 32.1. The molecule has 0 aliphatic carbocycles. The molecule has 0 saturated carbocycles. The molecule has 16 heavy (non-hydrogen) atoms. The number of nitrogens with zero attached hydrogens (tertiary/aromatic N) is 2. The van der Waals surface area contributed by atoms with Crippen molar-refractivity contribution in [1.82, 2.24) is 4.98 Å². The van der Waals surface area contributed by atoms with Gasteiger partial charge in [-0.25, -0.2) is 4.98 Å². The van der Waals surface area contributed by atoms with Crippen LogP contribution in [0.3, 0.4) is 0 Å². The molecule has 2 aromatic heterocycles. The number of rotatable bonds is 3. The molecule has 0 saturated heterocycles. The van der Waals surface area contributed by atoms with E-state index >= 15 is 0 Å². The Bertz CT molecular complexity index is 465. The Balaban J connectivity index is 2.14. The lowest BCUT2D eigenvalue weighted by Gasteiger charge is -2.17. The normalized spacial score (nSPS) is 10.4. The van der Waals surface area contributed by atoms with Crippen LogP contribution in [0, 0.1) is 6.92 Å². The Kier molecular flexibility index (Phi) is 3.10. The number of nitrogen functional groups attached to an aromatic ring is 1. The van der Waals surface area contributed by atoms with Crippen LogP contribution < -0.4 is 10.6 Å². The molecule has 0 radical (unpaired) electrons. The molecule has 0 bridgehead atoms. The molecule has 0 aliphatic rings. The molecule has 2 rings (SSSR count). The average molecular weight is 233 g/mol. The van der Waals surface area contributed by atoms with Crippen molar-refractivity contribution in [3.8, 4) is 0 Å². The number of aryl methyl sites for hydroxylation is 1. The minimum atomic E-state index is 0.794. The summed E-state index contributed by atoms with van der Waals surface area (Å²) in [4.78, 5) is 7.79. The third-order valence-electron chi connectivity index (χ3n) is 2.49. The van der Waals surface area contributed by atoms with Crippen molar-refractivity contribution in [1.29, 1.82) is 0 Å². The predicted octanol–water partition coefficient (Wildman–Crippen LogP) is 2.67. The maximum atomic E-state index is 5.87. The first-order chi connectivity index (χ1) is 7.66. The summed E-state index contributed by atoms with van der Waals surface area (Å²) in [6, 6.07) is 6.10. The van der Waals surface area contributed by atoms with Crippen LogP contribution in [0.4, 0.5) is 11.5 Å². The van der Waals surface area contributed by atoms with Gasteiger partial charge in [-0.1, -0.05) is 6.07 Å². The summed E-state index contributed by atoms with van der Waals surface area (Å²) >= 11 is 1.75. The molecule has 3 nitrogen and oxygen atoms in total. The van der Waals surface area contributed by atoms with Crippen molar-refractivity contribution in [2.45, 2.75) is 13.5 Å². The van der Waals surface area contributed by atoms with Crippen LogP contribution >= 0.6 is 11.3 Å². The minimum absolute atomic E-state index is 0.794. The first kappa shape index (κ1) is 11.0. The number of hydrogen-bond acceptors (Lipinski definition) is 4.